The molecule has 17 aromatic rings. The fourth-order valence-electron chi connectivity index (χ4n) is 14.7. The summed E-state index contributed by atoms with van der Waals surface area (Å²) in [5.41, 5.74) is 19.2. The topological polar surface area (TPSA) is 64.7 Å². The van der Waals surface area contributed by atoms with E-state index >= 15 is 0 Å². The maximum absolute atomic E-state index is 5.49. The minimum Gasteiger partial charge on any atom is -0.310 e. The van der Waals surface area contributed by atoms with E-state index in [-0.39, 0.29) is 0 Å². The summed E-state index contributed by atoms with van der Waals surface area (Å²) in [6, 6.07) is 105. The van der Waals surface area contributed by atoms with E-state index in [0.29, 0.717) is 23.3 Å². The molecule has 4 heterocycles. The van der Waals surface area contributed by atoms with Crippen LogP contribution in [0.2, 0.25) is 0 Å². The van der Waals surface area contributed by atoms with E-state index in [2.05, 4.69) is 283 Å². The molecule has 13 aromatic carbocycles. The summed E-state index contributed by atoms with van der Waals surface area (Å²) in [7, 11) is 0. The molecule has 4 aromatic heterocycles. The Bertz CT molecular complexity index is 5640. The second kappa shape index (κ2) is 20.1. The first-order valence-corrected chi connectivity index (χ1v) is 30.8. The van der Waals surface area contributed by atoms with Gasteiger partial charge in [-0.3, -0.25) is 9.55 Å². The number of hydrogen-bond acceptors (Lipinski definition) is 5. The van der Waals surface area contributed by atoms with Gasteiger partial charge in [-0.15, -0.1) is 0 Å². The molecule has 0 radical (unpaired) electrons. The first-order chi connectivity index (χ1) is 44.4. The number of nitrogens with zero attached hydrogens (tertiary/aromatic N) is 7. The third-order valence-corrected chi connectivity index (χ3v) is 18.8. The Hall–Kier alpha value is -11.8. The van der Waals surface area contributed by atoms with E-state index < -0.39 is 5.41 Å². The van der Waals surface area contributed by atoms with Crippen LogP contribution in [0.4, 0.5) is 17.1 Å². The van der Waals surface area contributed by atoms with Gasteiger partial charge in [-0.2, -0.15) is 9.97 Å². The van der Waals surface area contributed by atoms with Crippen LogP contribution in [0.15, 0.2) is 297 Å². The number of aromatic nitrogens is 6. The highest BCUT2D eigenvalue weighted by Gasteiger charge is 2.39. The average Bonchev–Trinajstić information content (AvgIpc) is 1.50. The molecule has 7 nitrogen and oxygen atoms in total. The molecule has 0 bridgehead atoms. The standard InChI is InChI=1S/C83H55N7/c1-83(2)72-51-77-71(50-69(72)68-44-43-67-63-31-13-12-29-61(63)62-30-14-15-33-66(62)78(67)79(68)83)65-42-40-60(49-76(65)90(77)82-86-80(55-23-8-4-9-24-55)85-81(87-82)73-34-18-19-46-84-73)88(58-28-20-25-56(47-58)54-38-36-53(37-39-54)52-21-6-3-7-22-52)59-41-45-75-70(48-59)64-32-16-17-35-74(64)89(75)57-26-10-5-11-27-57/h3-51H,1-2H3. The summed E-state index contributed by atoms with van der Waals surface area (Å²) in [5.74, 6) is 1.55. The van der Waals surface area contributed by atoms with Crippen LogP contribution in [-0.4, -0.2) is 29.1 Å². The van der Waals surface area contributed by atoms with Crippen molar-refractivity contribution in [2.24, 2.45) is 0 Å². The van der Waals surface area contributed by atoms with Gasteiger partial charge in [0, 0.05) is 61.5 Å². The number of fused-ring (bicyclic) bond motifs is 16. The predicted octanol–water partition coefficient (Wildman–Crippen LogP) is 21.4. The lowest BCUT2D eigenvalue weighted by atomic mass is 9.78. The fraction of sp³-hybridized carbons (Fsp3) is 0.0361. The van der Waals surface area contributed by atoms with Crippen LogP contribution in [-0.2, 0) is 5.41 Å². The third kappa shape index (κ3) is 7.99. The van der Waals surface area contributed by atoms with Crippen molar-refractivity contribution < 1.29 is 0 Å². The van der Waals surface area contributed by atoms with Gasteiger partial charge in [-0.25, -0.2) is 4.98 Å². The zero-order chi connectivity index (χ0) is 59.6. The van der Waals surface area contributed by atoms with Crippen molar-refractivity contribution in [2.75, 3.05) is 4.90 Å². The zero-order valence-corrected chi connectivity index (χ0v) is 49.4. The maximum atomic E-state index is 5.49. The van der Waals surface area contributed by atoms with Crippen LogP contribution in [0.25, 0.3) is 144 Å². The lowest BCUT2D eigenvalue weighted by Crippen LogP contribution is -2.16. The van der Waals surface area contributed by atoms with Crippen LogP contribution < -0.4 is 4.90 Å². The first kappa shape index (κ1) is 51.4. The summed E-state index contributed by atoms with van der Waals surface area (Å²) in [5, 5.41) is 12.2. The minimum absolute atomic E-state index is 0.407. The number of pyridine rings is 1. The Kier molecular flexibility index (Phi) is 11.5. The average molecular weight is 1150 g/mol. The highest BCUT2D eigenvalue weighted by atomic mass is 15.2. The van der Waals surface area contributed by atoms with Crippen LogP contribution in [0, 0.1) is 0 Å². The molecule has 0 N–H and O–H groups in total. The van der Waals surface area contributed by atoms with Gasteiger partial charge in [0.2, 0.25) is 5.95 Å². The zero-order valence-electron chi connectivity index (χ0n) is 49.4. The van der Waals surface area contributed by atoms with Gasteiger partial charge in [0.05, 0.1) is 22.1 Å². The quantitative estimate of drug-likeness (QED) is 0.135. The molecule has 18 rings (SSSR count). The van der Waals surface area contributed by atoms with Gasteiger partial charge in [0.1, 0.15) is 5.69 Å². The highest BCUT2D eigenvalue weighted by molar-refractivity contribution is 6.28. The summed E-state index contributed by atoms with van der Waals surface area (Å²) in [6.07, 6.45) is 1.80. The molecule has 422 valence electrons. The van der Waals surface area contributed by atoms with E-state index in [0.717, 1.165) is 77.7 Å². The van der Waals surface area contributed by atoms with E-state index in [4.69, 9.17) is 19.9 Å². The number of hydrogen-bond donors (Lipinski definition) is 0. The normalized spacial score (nSPS) is 12.6. The predicted molar refractivity (Wildman–Crippen MR) is 373 cm³/mol. The summed E-state index contributed by atoms with van der Waals surface area (Å²) < 4.78 is 4.67. The molecule has 7 heteroatoms. The molecule has 0 atom stereocenters. The number of benzene rings is 13. The van der Waals surface area contributed by atoms with Crippen LogP contribution in [0.5, 0.6) is 0 Å². The lowest BCUT2D eigenvalue weighted by molar-refractivity contribution is 0.667. The Labute approximate surface area is 519 Å². The molecule has 0 fully saturated rings. The molecular formula is C83H55N7. The van der Waals surface area contributed by atoms with Gasteiger partial charge in [0.25, 0.3) is 0 Å². The number of para-hydroxylation sites is 2. The van der Waals surface area contributed by atoms with Crippen molar-refractivity contribution in [1.82, 2.24) is 29.1 Å². The van der Waals surface area contributed by atoms with Crippen molar-refractivity contribution in [1.29, 1.82) is 0 Å². The monoisotopic (exact) mass is 1150 g/mol. The molecular weight excluding hydrogens is 1090 g/mol. The van der Waals surface area contributed by atoms with Crippen molar-refractivity contribution >= 4 is 93.0 Å². The van der Waals surface area contributed by atoms with Gasteiger partial charge in [-0.1, -0.05) is 220 Å². The van der Waals surface area contributed by atoms with Crippen molar-refractivity contribution in [3.63, 3.8) is 0 Å². The van der Waals surface area contributed by atoms with Gasteiger partial charge in [0.15, 0.2) is 11.6 Å². The Morgan fingerprint density at radius 2 is 0.856 bits per heavy atom. The van der Waals surface area contributed by atoms with E-state index in [9.17, 15) is 0 Å². The molecule has 0 aliphatic heterocycles. The third-order valence-electron chi connectivity index (χ3n) is 18.8. The molecule has 0 saturated carbocycles. The van der Waals surface area contributed by atoms with Crippen LogP contribution in [0.3, 0.4) is 0 Å². The second-order valence-corrected chi connectivity index (χ2v) is 24.2. The van der Waals surface area contributed by atoms with Gasteiger partial charge in [-0.05, 0) is 162 Å². The smallest absolute Gasteiger partial charge is 0.238 e. The number of anilines is 3. The Balaban J connectivity index is 0.901. The lowest BCUT2D eigenvalue weighted by Gasteiger charge is -2.26. The van der Waals surface area contributed by atoms with E-state index in [1.54, 1.807) is 6.20 Å². The highest BCUT2D eigenvalue weighted by Crippen LogP contribution is 2.56. The fourth-order valence-corrected chi connectivity index (χ4v) is 14.7. The van der Waals surface area contributed by atoms with Crippen LogP contribution >= 0.6 is 0 Å². The van der Waals surface area contributed by atoms with Crippen molar-refractivity contribution in [3.8, 4) is 67.9 Å². The Morgan fingerprint density at radius 1 is 0.322 bits per heavy atom. The molecule has 0 amide bonds. The first-order valence-electron chi connectivity index (χ1n) is 30.8. The molecule has 1 aliphatic carbocycles. The van der Waals surface area contributed by atoms with Gasteiger partial charge >= 0.3 is 0 Å². The molecule has 0 spiro atoms. The van der Waals surface area contributed by atoms with Gasteiger partial charge < -0.3 is 9.47 Å². The van der Waals surface area contributed by atoms with E-state index in [1.165, 1.54) is 71.1 Å². The molecule has 1 aliphatic rings. The Morgan fingerprint density at radius 3 is 1.60 bits per heavy atom. The SMILES string of the molecule is CC1(C)c2cc3c(cc2-c2ccc4c5ccccc5c5ccccc5c4c21)c1ccc(N(c2cccc(-c4ccc(-c5ccccc5)cc4)c2)c2ccc4c(c2)c2ccccc2n4-c2ccccc2)cc1n3-c1nc(-c2ccccc2)nc(-c2ccccn2)n1. The summed E-state index contributed by atoms with van der Waals surface area (Å²) in [6.45, 7) is 4.82. The van der Waals surface area contributed by atoms with Crippen molar-refractivity contribution in [3.05, 3.63) is 309 Å². The minimum atomic E-state index is -0.407. The molecule has 90 heavy (non-hydrogen) atoms. The molecule has 0 unspecified atom stereocenters. The van der Waals surface area contributed by atoms with Crippen molar-refractivity contribution in [2.45, 2.75) is 19.3 Å². The second-order valence-electron chi connectivity index (χ2n) is 24.2. The molecule has 0 saturated heterocycles. The van der Waals surface area contributed by atoms with Crippen LogP contribution in [0.1, 0.15) is 25.0 Å². The number of rotatable bonds is 9. The van der Waals surface area contributed by atoms with E-state index in [1.807, 2.05) is 36.4 Å². The summed E-state index contributed by atoms with van der Waals surface area (Å²) >= 11 is 0. The maximum Gasteiger partial charge on any atom is 0.238 e. The largest absolute Gasteiger partial charge is 0.310 e. The summed E-state index contributed by atoms with van der Waals surface area (Å²) in [4.78, 5) is 23.4.